The highest BCUT2D eigenvalue weighted by Crippen LogP contribution is 2.35. The molecule has 1 saturated heterocycles. The Kier molecular flexibility index (Phi) is 5.55. The smallest absolute Gasteiger partial charge is 0.257 e. The first-order valence-electron chi connectivity index (χ1n) is 9.64. The van der Waals surface area contributed by atoms with Crippen LogP contribution in [0.25, 0.3) is 0 Å². The topological polar surface area (TPSA) is 66.5 Å². The molecule has 2 aromatic rings. The minimum atomic E-state index is -1.72. The van der Waals surface area contributed by atoms with Gasteiger partial charge in [0.25, 0.3) is 11.8 Å². The van der Waals surface area contributed by atoms with Gasteiger partial charge in [0.15, 0.2) is 0 Å². The highest BCUT2D eigenvalue weighted by Gasteiger charge is 2.51. The molecule has 0 aromatic heterocycles. The number of amides is 2. The van der Waals surface area contributed by atoms with E-state index in [4.69, 9.17) is 23.2 Å². The minimum absolute atomic E-state index is 0.00490. The Morgan fingerprint density at radius 2 is 1.93 bits per heavy atom. The Morgan fingerprint density at radius 1 is 1.13 bits per heavy atom. The third kappa shape index (κ3) is 3.94. The van der Waals surface area contributed by atoms with Crippen molar-refractivity contribution in [2.45, 2.75) is 37.1 Å². The molecule has 1 N–H and O–H groups in total. The number of aryl methyl sites for hydroxylation is 1. The molecule has 0 radical (unpaired) electrons. The summed E-state index contributed by atoms with van der Waals surface area (Å²) >= 11 is 12.3. The van der Waals surface area contributed by atoms with E-state index in [1.54, 1.807) is 6.07 Å². The van der Waals surface area contributed by atoms with E-state index in [0.29, 0.717) is 37.1 Å². The molecule has 0 spiro atoms. The van der Waals surface area contributed by atoms with Crippen LogP contribution in [0.15, 0.2) is 36.4 Å². The van der Waals surface area contributed by atoms with Crippen molar-refractivity contribution in [3.63, 3.8) is 0 Å². The number of hydrogen-bond donors (Lipinski definition) is 1. The number of alkyl halides is 1. The van der Waals surface area contributed by atoms with Crippen LogP contribution < -0.4 is 10.2 Å². The zero-order valence-corrected chi connectivity index (χ0v) is 17.5. The highest BCUT2D eigenvalue weighted by molar-refractivity contribution is 6.48. The monoisotopic (exact) mass is 448 g/mol. The van der Waals surface area contributed by atoms with Crippen LogP contribution in [0.4, 0.5) is 10.1 Å². The fraction of sp³-hybridized carbons (Fsp3) is 0.318. The van der Waals surface area contributed by atoms with Gasteiger partial charge in [-0.15, -0.1) is 0 Å². The summed E-state index contributed by atoms with van der Waals surface area (Å²) in [5, 5.41) is 2.83. The maximum absolute atomic E-state index is 13.5. The third-order valence-corrected chi connectivity index (χ3v) is 6.30. The van der Waals surface area contributed by atoms with E-state index >= 15 is 0 Å². The number of hydrogen-bond acceptors (Lipinski definition) is 3. The van der Waals surface area contributed by atoms with Crippen LogP contribution in [-0.2, 0) is 33.8 Å². The first-order valence-corrected chi connectivity index (χ1v) is 10.4. The van der Waals surface area contributed by atoms with Gasteiger partial charge in [0.1, 0.15) is 11.6 Å². The summed E-state index contributed by atoms with van der Waals surface area (Å²) in [5.74, 6) is -1.42. The molecule has 1 aliphatic heterocycles. The van der Waals surface area contributed by atoms with E-state index < -0.39 is 22.5 Å². The van der Waals surface area contributed by atoms with Crippen molar-refractivity contribution >= 4 is 46.5 Å². The van der Waals surface area contributed by atoms with E-state index in [-0.39, 0.29) is 23.8 Å². The van der Waals surface area contributed by atoms with E-state index in [9.17, 15) is 18.8 Å². The van der Waals surface area contributed by atoms with E-state index in [2.05, 4.69) is 5.32 Å². The molecule has 1 atom stereocenters. The number of nitrogens with zero attached hydrogens (tertiary/aromatic N) is 1. The van der Waals surface area contributed by atoms with Crippen molar-refractivity contribution in [1.29, 1.82) is 0 Å². The van der Waals surface area contributed by atoms with Gasteiger partial charge in [-0.3, -0.25) is 14.4 Å². The summed E-state index contributed by atoms with van der Waals surface area (Å²) < 4.78 is 13.5. The molecule has 1 aliphatic carbocycles. The first-order chi connectivity index (χ1) is 14.3. The van der Waals surface area contributed by atoms with Gasteiger partial charge in [0.05, 0.1) is 0 Å². The van der Waals surface area contributed by atoms with Crippen molar-refractivity contribution in [1.82, 2.24) is 5.32 Å². The van der Waals surface area contributed by atoms with Gasteiger partial charge >= 0.3 is 0 Å². The molecule has 2 amide bonds. The summed E-state index contributed by atoms with van der Waals surface area (Å²) in [6.45, 7) is 0.310. The molecular weight excluding hydrogens is 430 g/mol. The average molecular weight is 449 g/mol. The standard InChI is InChI=1S/C22H19Cl2FN2O3/c23-16-7-13(8-17(25)11-16)12-26-20(29)22(24)5-6-27(21(22)30)18-3-1-15-10-19(28)4-2-14(15)9-18/h1,3,7-9,11H,2,4-6,10,12H2,(H,26,29). The molecule has 0 saturated carbocycles. The molecule has 0 bridgehead atoms. The van der Waals surface area contributed by atoms with Crippen LogP contribution in [0.1, 0.15) is 29.5 Å². The van der Waals surface area contributed by atoms with Crippen LogP contribution in [0.3, 0.4) is 0 Å². The van der Waals surface area contributed by atoms with Gasteiger partial charge in [-0.05, 0) is 53.4 Å². The molecule has 1 unspecified atom stereocenters. The maximum Gasteiger partial charge on any atom is 0.257 e. The Bertz CT molecular complexity index is 1040. The van der Waals surface area contributed by atoms with Crippen molar-refractivity contribution in [3.05, 3.63) is 63.9 Å². The second kappa shape index (κ2) is 8.00. The lowest BCUT2D eigenvalue weighted by Gasteiger charge is -2.23. The Balaban J connectivity index is 1.47. The van der Waals surface area contributed by atoms with Crippen LogP contribution in [0.2, 0.25) is 5.02 Å². The second-order valence-corrected chi connectivity index (χ2v) is 8.72. The largest absolute Gasteiger partial charge is 0.350 e. The molecular formula is C22H19Cl2FN2O3. The number of nitrogens with one attached hydrogen (secondary N) is 1. The Labute approximate surface area is 183 Å². The van der Waals surface area contributed by atoms with E-state index in [1.165, 1.54) is 23.1 Å². The Morgan fingerprint density at radius 3 is 2.70 bits per heavy atom. The highest BCUT2D eigenvalue weighted by atomic mass is 35.5. The quantitative estimate of drug-likeness (QED) is 0.574. The fourth-order valence-corrected chi connectivity index (χ4v) is 4.44. The molecule has 2 aromatic carbocycles. The lowest BCUT2D eigenvalue weighted by Crippen LogP contribution is -2.48. The zero-order chi connectivity index (χ0) is 21.5. The van der Waals surface area contributed by atoms with E-state index in [1.807, 2.05) is 12.1 Å². The van der Waals surface area contributed by atoms with Gasteiger partial charge < -0.3 is 10.2 Å². The summed E-state index contributed by atoms with van der Waals surface area (Å²) in [6, 6.07) is 9.50. The van der Waals surface area contributed by atoms with Crippen molar-refractivity contribution in [2.75, 3.05) is 11.4 Å². The molecule has 2 aliphatic rings. The van der Waals surface area contributed by atoms with Crippen molar-refractivity contribution in [3.8, 4) is 0 Å². The van der Waals surface area contributed by atoms with Crippen molar-refractivity contribution in [2.24, 2.45) is 0 Å². The molecule has 1 heterocycles. The lowest BCUT2D eigenvalue weighted by atomic mass is 9.90. The normalized spacial score (nSPS) is 21.0. The Hall–Kier alpha value is -2.44. The molecule has 4 rings (SSSR count). The van der Waals surface area contributed by atoms with Crippen LogP contribution >= 0.6 is 23.2 Å². The lowest BCUT2D eigenvalue weighted by molar-refractivity contribution is -0.130. The molecule has 156 valence electrons. The average Bonchev–Trinajstić information content (AvgIpc) is 3.01. The number of rotatable bonds is 4. The number of anilines is 1. The predicted molar refractivity (Wildman–Crippen MR) is 112 cm³/mol. The summed E-state index contributed by atoms with van der Waals surface area (Å²) in [6.07, 6.45) is 1.71. The SMILES string of the molecule is O=C1CCc2cc(N3CCC(Cl)(C(=O)NCc4cc(F)cc(Cl)c4)C3=O)ccc2C1. The molecule has 8 heteroatoms. The first kappa shape index (κ1) is 20.8. The predicted octanol–water partition coefficient (Wildman–Crippen LogP) is 3.57. The number of fused-ring (bicyclic) bond motifs is 1. The maximum atomic E-state index is 13.5. The van der Waals surface area contributed by atoms with Gasteiger partial charge in [0.2, 0.25) is 4.87 Å². The summed E-state index contributed by atoms with van der Waals surface area (Å²) in [5.41, 5.74) is 3.16. The van der Waals surface area contributed by atoms with Crippen LogP contribution in [0, 0.1) is 5.82 Å². The number of carbonyl (C=O) groups excluding carboxylic acids is 3. The van der Waals surface area contributed by atoms with Crippen LogP contribution in [0.5, 0.6) is 0 Å². The van der Waals surface area contributed by atoms with Crippen molar-refractivity contribution < 1.29 is 18.8 Å². The fourth-order valence-electron chi connectivity index (χ4n) is 3.94. The molecule has 1 fully saturated rings. The van der Waals surface area contributed by atoms with Gasteiger partial charge in [-0.25, -0.2) is 4.39 Å². The number of halogens is 3. The minimum Gasteiger partial charge on any atom is -0.350 e. The summed E-state index contributed by atoms with van der Waals surface area (Å²) in [7, 11) is 0. The molecule has 5 nitrogen and oxygen atoms in total. The van der Waals surface area contributed by atoms with Gasteiger partial charge in [0, 0.05) is 43.1 Å². The van der Waals surface area contributed by atoms with Gasteiger partial charge in [-0.2, -0.15) is 0 Å². The summed E-state index contributed by atoms with van der Waals surface area (Å²) in [4.78, 5) is 37.1. The zero-order valence-electron chi connectivity index (χ0n) is 16.0. The third-order valence-electron chi connectivity index (χ3n) is 5.56. The van der Waals surface area contributed by atoms with Crippen LogP contribution in [-0.4, -0.2) is 29.0 Å². The number of ketones is 1. The molecule has 30 heavy (non-hydrogen) atoms. The number of benzene rings is 2. The second-order valence-electron chi connectivity index (χ2n) is 7.64. The number of Topliss-reactive ketones (excluding diaryl/α,β-unsaturated/α-hetero) is 1. The van der Waals surface area contributed by atoms with E-state index in [0.717, 1.165) is 11.1 Å². The van der Waals surface area contributed by atoms with Gasteiger partial charge in [-0.1, -0.05) is 29.3 Å². The number of carbonyl (C=O) groups is 3.